The predicted octanol–water partition coefficient (Wildman–Crippen LogP) is 0.458. The van der Waals surface area contributed by atoms with Crippen LogP contribution in [0.1, 0.15) is 30.9 Å². The fourth-order valence-electron chi connectivity index (χ4n) is 4.00. The lowest BCUT2D eigenvalue weighted by Crippen LogP contribution is -2.54. The summed E-state index contributed by atoms with van der Waals surface area (Å²) in [4.78, 5) is 25.0. The molecule has 0 radical (unpaired) electrons. The van der Waals surface area contributed by atoms with E-state index in [0.717, 1.165) is 5.56 Å². The normalized spacial score (nSPS) is 19.8. The van der Waals surface area contributed by atoms with Crippen molar-refractivity contribution < 1.29 is 18.0 Å². The Morgan fingerprint density at radius 3 is 2.46 bits per heavy atom. The van der Waals surface area contributed by atoms with E-state index in [9.17, 15) is 18.0 Å². The molecule has 1 spiro atoms. The summed E-state index contributed by atoms with van der Waals surface area (Å²) in [7, 11) is -3.29. The lowest BCUT2D eigenvalue weighted by molar-refractivity contribution is -0.134. The number of carbonyl (C=O) groups is 2. The van der Waals surface area contributed by atoms with E-state index < -0.39 is 10.0 Å². The molecule has 2 amide bonds. The smallest absolute Gasteiger partial charge is 0.241 e. The number of amides is 2. The molecule has 0 unspecified atom stereocenters. The summed E-state index contributed by atoms with van der Waals surface area (Å²) in [6, 6.07) is 8.00. The van der Waals surface area contributed by atoms with Gasteiger partial charge in [-0.15, -0.1) is 0 Å². The van der Waals surface area contributed by atoms with Crippen molar-refractivity contribution in [3.63, 3.8) is 0 Å². The van der Waals surface area contributed by atoms with Crippen molar-refractivity contribution in [1.82, 2.24) is 14.5 Å². The summed E-state index contributed by atoms with van der Waals surface area (Å²) in [5.41, 5.74) is 1.99. The molecule has 0 aromatic heterocycles. The van der Waals surface area contributed by atoms with Crippen LogP contribution in [0.3, 0.4) is 0 Å². The number of piperidine rings is 1. The maximum absolute atomic E-state index is 12.2. The van der Waals surface area contributed by atoms with E-state index in [0.29, 0.717) is 39.0 Å². The maximum atomic E-state index is 12.2. The number of carbonyl (C=O) groups excluding carboxylic acids is 2. The number of nitrogens with one attached hydrogen (secondary N) is 1. The molecule has 3 rings (SSSR count). The zero-order chi connectivity index (χ0) is 18.9. The first-order chi connectivity index (χ1) is 12.2. The Kier molecular flexibility index (Phi) is 5.07. The second kappa shape index (κ2) is 7.00. The molecule has 1 aromatic carbocycles. The van der Waals surface area contributed by atoms with E-state index in [1.54, 1.807) is 9.21 Å². The van der Waals surface area contributed by atoms with Crippen molar-refractivity contribution in [3.05, 3.63) is 35.4 Å². The Labute approximate surface area is 154 Å². The van der Waals surface area contributed by atoms with Gasteiger partial charge in [-0.05, 0) is 24.0 Å². The minimum absolute atomic E-state index is 0.00832. The number of hydrogen-bond donors (Lipinski definition) is 1. The Morgan fingerprint density at radius 2 is 1.85 bits per heavy atom. The minimum Gasteiger partial charge on any atom is -0.347 e. The van der Waals surface area contributed by atoms with Crippen LogP contribution in [0.25, 0.3) is 0 Å². The van der Waals surface area contributed by atoms with Crippen molar-refractivity contribution in [2.24, 2.45) is 0 Å². The average molecular weight is 379 g/mol. The van der Waals surface area contributed by atoms with Crippen LogP contribution in [0.2, 0.25) is 0 Å². The third-order valence-electron chi connectivity index (χ3n) is 5.45. The van der Waals surface area contributed by atoms with Crippen molar-refractivity contribution >= 4 is 21.8 Å². The van der Waals surface area contributed by atoms with E-state index in [1.807, 2.05) is 18.2 Å². The van der Waals surface area contributed by atoms with Gasteiger partial charge in [-0.3, -0.25) is 9.59 Å². The summed E-state index contributed by atoms with van der Waals surface area (Å²) in [5, 5.41) is 2.54. The highest BCUT2D eigenvalue weighted by atomic mass is 32.2. The number of benzene rings is 1. The highest BCUT2D eigenvalue weighted by molar-refractivity contribution is 7.88. The van der Waals surface area contributed by atoms with E-state index >= 15 is 0 Å². The first-order valence-corrected chi connectivity index (χ1v) is 10.6. The van der Waals surface area contributed by atoms with Gasteiger partial charge in [0.1, 0.15) is 0 Å². The zero-order valence-electron chi connectivity index (χ0n) is 15.2. The van der Waals surface area contributed by atoms with Gasteiger partial charge in [-0.25, -0.2) is 8.42 Å². The summed E-state index contributed by atoms with van der Waals surface area (Å²) >= 11 is 0. The highest BCUT2D eigenvalue weighted by Gasteiger charge is 2.44. The summed E-state index contributed by atoms with van der Waals surface area (Å²) < 4.78 is 25.9. The molecule has 26 heavy (non-hydrogen) atoms. The Morgan fingerprint density at radius 1 is 1.19 bits per heavy atom. The van der Waals surface area contributed by atoms with Gasteiger partial charge in [0, 0.05) is 38.5 Å². The molecule has 1 saturated heterocycles. The van der Waals surface area contributed by atoms with Crippen LogP contribution in [-0.2, 0) is 31.6 Å². The molecule has 2 aliphatic heterocycles. The van der Waals surface area contributed by atoms with E-state index in [2.05, 4.69) is 11.4 Å². The molecule has 0 atom stereocenters. The number of nitrogens with zero attached hydrogens (tertiary/aromatic N) is 2. The van der Waals surface area contributed by atoms with E-state index in [4.69, 9.17) is 0 Å². The highest BCUT2D eigenvalue weighted by Crippen LogP contribution is 2.42. The van der Waals surface area contributed by atoms with Crippen LogP contribution < -0.4 is 5.32 Å². The molecular formula is C18H25N3O4S. The number of likely N-dealkylation sites (tertiary alicyclic amines) is 1. The molecule has 1 fully saturated rings. The fourth-order valence-corrected chi connectivity index (χ4v) is 4.86. The molecule has 2 heterocycles. The average Bonchev–Trinajstić information content (AvgIpc) is 2.59. The second-order valence-corrected chi connectivity index (χ2v) is 9.24. The molecular weight excluding hydrogens is 354 g/mol. The van der Waals surface area contributed by atoms with Gasteiger partial charge in [0.25, 0.3) is 0 Å². The van der Waals surface area contributed by atoms with Gasteiger partial charge >= 0.3 is 0 Å². The van der Waals surface area contributed by atoms with Crippen LogP contribution in [-0.4, -0.2) is 61.9 Å². The standard InChI is InChI=1S/C18H25N3O4S/c1-14(22)19-11-17(23)20-9-7-18(8-10-20)13-21(26(2,24)25)12-15-5-3-4-6-16(15)18/h3-6H,7-13H2,1-2H3,(H,19,22). The molecule has 7 nitrogen and oxygen atoms in total. The predicted molar refractivity (Wildman–Crippen MR) is 97.9 cm³/mol. The quantitative estimate of drug-likeness (QED) is 0.827. The third-order valence-corrected chi connectivity index (χ3v) is 6.64. The first-order valence-electron chi connectivity index (χ1n) is 8.77. The SMILES string of the molecule is CC(=O)NCC(=O)N1CCC2(CC1)CN(S(C)(=O)=O)Cc1ccccc12. The number of rotatable bonds is 3. The summed E-state index contributed by atoms with van der Waals surface area (Å²) in [6.07, 6.45) is 2.67. The van der Waals surface area contributed by atoms with Crippen molar-refractivity contribution in [3.8, 4) is 0 Å². The van der Waals surface area contributed by atoms with Crippen LogP contribution in [0, 0.1) is 0 Å². The lowest BCUT2D eigenvalue weighted by Gasteiger charge is -2.48. The molecule has 2 aliphatic rings. The Bertz CT molecular complexity index is 813. The van der Waals surface area contributed by atoms with Crippen LogP contribution in [0.15, 0.2) is 24.3 Å². The summed E-state index contributed by atoms with van der Waals surface area (Å²) in [5.74, 6) is -0.323. The molecule has 1 aromatic rings. The molecule has 8 heteroatoms. The van der Waals surface area contributed by atoms with Crippen LogP contribution in [0.4, 0.5) is 0 Å². The minimum atomic E-state index is -3.29. The molecule has 0 saturated carbocycles. The Balaban J connectivity index is 1.80. The van der Waals surface area contributed by atoms with Crippen molar-refractivity contribution in [1.29, 1.82) is 0 Å². The van der Waals surface area contributed by atoms with Crippen LogP contribution in [0.5, 0.6) is 0 Å². The third kappa shape index (κ3) is 3.76. The monoisotopic (exact) mass is 379 g/mol. The van der Waals surface area contributed by atoms with Gasteiger partial charge in [0.05, 0.1) is 12.8 Å². The van der Waals surface area contributed by atoms with Gasteiger partial charge in [0.2, 0.25) is 21.8 Å². The molecule has 1 N–H and O–H groups in total. The number of hydrogen-bond acceptors (Lipinski definition) is 4. The van der Waals surface area contributed by atoms with E-state index in [1.165, 1.54) is 18.7 Å². The van der Waals surface area contributed by atoms with Gasteiger partial charge < -0.3 is 10.2 Å². The first kappa shape index (κ1) is 18.8. The van der Waals surface area contributed by atoms with Crippen LogP contribution >= 0.6 is 0 Å². The summed E-state index contributed by atoms with van der Waals surface area (Å²) in [6.45, 7) is 3.37. The maximum Gasteiger partial charge on any atom is 0.241 e. The van der Waals surface area contributed by atoms with Crippen molar-refractivity contribution in [2.45, 2.75) is 31.7 Å². The second-order valence-electron chi connectivity index (χ2n) is 7.26. The Hall–Kier alpha value is -1.93. The fraction of sp³-hybridized carbons (Fsp3) is 0.556. The van der Waals surface area contributed by atoms with Crippen molar-refractivity contribution in [2.75, 3.05) is 32.4 Å². The van der Waals surface area contributed by atoms with Gasteiger partial charge in [0.15, 0.2) is 0 Å². The van der Waals surface area contributed by atoms with Gasteiger partial charge in [-0.2, -0.15) is 4.31 Å². The molecule has 0 bridgehead atoms. The zero-order valence-corrected chi connectivity index (χ0v) is 16.0. The lowest BCUT2D eigenvalue weighted by atomic mass is 9.69. The largest absolute Gasteiger partial charge is 0.347 e. The van der Waals surface area contributed by atoms with E-state index in [-0.39, 0.29) is 23.8 Å². The number of fused-ring (bicyclic) bond motifs is 2. The molecule has 0 aliphatic carbocycles. The topological polar surface area (TPSA) is 86.8 Å². The van der Waals surface area contributed by atoms with Gasteiger partial charge in [-0.1, -0.05) is 24.3 Å². The molecule has 142 valence electrons. The number of sulfonamides is 1.